The topological polar surface area (TPSA) is 36.9 Å². The SMILES string of the molecule is CCOCOCCCCCCCCOCOCC. The van der Waals surface area contributed by atoms with Crippen molar-refractivity contribution in [2.45, 2.75) is 52.4 Å². The predicted octanol–water partition coefficient (Wildman–Crippen LogP) is 3.35. The van der Waals surface area contributed by atoms with Gasteiger partial charge in [0.1, 0.15) is 13.6 Å². The summed E-state index contributed by atoms with van der Waals surface area (Å²) in [5.74, 6) is 0. The van der Waals surface area contributed by atoms with Gasteiger partial charge >= 0.3 is 0 Å². The molecule has 0 saturated heterocycles. The number of hydrogen-bond donors (Lipinski definition) is 0. The Balaban J connectivity index is 2.86. The van der Waals surface area contributed by atoms with Gasteiger partial charge in [-0.3, -0.25) is 0 Å². The molecule has 4 heteroatoms. The summed E-state index contributed by atoms with van der Waals surface area (Å²) < 4.78 is 20.8. The molecule has 0 radical (unpaired) electrons. The zero-order valence-corrected chi connectivity index (χ0v) is 12.1. The van der Waals surface area contributed by atoms with Gasteiger partial charge < -0.3 is 18.9 Å². The quantitative estimate of drug-likeness (QED) is 0.335. The third-order valence-electron chi connectivity index (χ3n) is 2.57. The second-order valence-corrected chi connectivity index (χ2v) is 4.16. The molecule has 0 aliphatic heterocycles. The first kappa shape index (κ1) is 17.8. The van der Waals surface area contributed by atoms with E-state index in [1.54, 1.807) is 0 Å². The van der Waals surface area contributed by atoms with Crippen LogP contribution in [-0.2, 0) is 18.9 Å². The molecule has 0 rings (SSSR count). The Morgan fingerprint density at radius 1 is 0.500 bits per heavy atom. The van der Waals surface area contributed by atoms with E-state index in [0.29, 0.717) is 13.6 Å². The van der Waals surface area contributed by atoms with Crippen molar-refractivity contribution in [2.24, 2.45) is 0 Å². The van der Waals surface area contributed by atoms with Crippen LogP contribution in [0.25, 0.3) is 0 Å². The molecule has 0 N–H and O–H groups in total. The zero-order chi connectivity index (χ0) is 13.3. The molecule has 0 heterocycles. The van der Waals surface area contributed by atoms with Gasteiger partial charge in [-0.1, -0.05) is 25.7 Å². The molecule has 0 saturated carbocycles. The summed E-state index contributed by atoms with van der Waals surface area (Å²) in [6.07, 6.45) is 7.31. The average molecular weight is 262 g/mol. The molecule has 110 valence electrons. The minimum absolute atomic E-state index is 0.438. The van der Waals surface area contributed by atoms with E-state index in [-0.39, 0.29) is 0 Å². The van der Waals surface area contributed by atoms with E-state index >= 15 is 0 Å². The fourth-order valence-corrected chi connectivity index (χ4v) is 1.52. The highest BCUT2D eigenvalue weighted by Gasteiger charge is 1.93. The fraction of sp³-hybridized carbons (Fsp3) is 1.00. The fourth-order valence-electron chi connectivity index (χ4n) is 1.52. The van der Waals surface area contributed by atoms with Gasteiger partial charge in [-0.25, -0.2) is 0 Å². The molecule has 0 atom stereocenters. The molecule has 0 aromatic carbocycles. The highest BCUT2D eigenvalue weighted by atomic mass is 16.7. The Kier molecular flexibility index (Phi) is 16.7. The van der Waals surface area contributed by atoms with Crippen LogP contribution >= 0.6 is 0 Å². The van der Waals surface area contributed by atoms with E-state index in [9.17, 15) is 0 Å². The normalized spacial score (nSPS) is 11.0. The number of rotatable bonds is 15. The maximum absolute atomic E-state index is 5.30. The van der Waals surface area contributed by atoms with Crippen molar-refractivity contribution in [1.82, 2.24) is 0 Å². The lowest BCUT2D eigenvalue weighted by atomic mass is 10.1. The first-order chi connectivity index (χ1) is 8.91. The van der Waals surface area contributed by atoms with Crippen LogP contribution in [0.2, 0.25) is 0 Å². The van der Waals surface area contributed by atoms with Crippen LogP contribution in [-0.4, -0.2) is 40.0 Å². The monoisotopic (exact) mass is 262 g/mol. The van der Waals surface area contributed by atoms with E-state index < -0.39 is 0 Å². The molecule has 0 amide bonds. The van der Waals surface area contributed by atoms with Crippen LogP contribution < -0.4 is 0 Å². The lowest BCUT2D eigenvalue weighted by molar-refractivity contribution is -0.0510. The van der Waals surface area contributed by atoms with Gasteiger partial charge in [-0.05, 0) is 26.7 Å². The Labute approximate surface area is 112 Å². The van der Waals surface area contributed by atoms with Crippen LogP contribution in [0.3, 0.4) is 0 Å². The molecule has 18 heavy (non-hydrogen) atoms. The van der Waals surface area contributed by atoms with Gasteiger partial charge in [0.15, 0.2) is 0 Å². The molecule has 0 spiro atoms. The standard InChI is InChI=1S/C14H30O4/c1-3-15-13-17-11-9-7-5-6-8-10-12-18-14-16-4-2/h3-14H2,1-2H3. The first-order valence-electron chi connectivity index (χ1n) is 7.22. The maximum atomic E-state index is 5.30. The van der Waals surface area contributed by atoms with Gasteiger partial charge in [0.05, 0.1) is 0 Å². The molecule has 0 aliphatic rings. The minimum atomic E-state index is 0.438. The van der Waals surface area contributed by atoms with Crippen molar-refractivity contribution >= 4 is 0 Å². The average Bonchev–Trinajstić information content (AvgIpc) is 2.39. The summed E-state index contributed by atoms with van der Waals surface area (Å²) in [4.78, 5) is 0. The molecule has 0 aromatic rings. The molecule has 0 bridgehead atoms. The van der Waals surface area contributed by atoms with E-state index in [1.807, 2.05) is 13.8 Å². The van der Waals surface area contributed by atoms with Crippen molar-refractivity contribution < 1.29 is 18.9 Å². The molecule has 0 aromatic heterocycles. The van der Waals surface area contributed by atoms with Gasteiger partial charge in [0.25, 0.3) is 0 Å². The summed E-state index contributed by atoms with van der Waals surface area (Å²) >= 11 is 0. The van der Waals surface area contributed by atoms with Gasteiger partial charge in [-0.15, -0.1) is 0 Å². The second-order valence-electron chi connectivity index (χ2n) is 4.16. The summed E-state index contributed by atoms with van der Waals surface area (Å²) in [5.41, 5.74) is 0. The van der Waals surface area contributed by atoms with Crippen LogP contribution in [0, 0.1) is 0 Å². The van der Waals surface area contributed by atoms with E-state index in [2.05, 4.69) is 0 Å². The Morgan fingerprint density at radius 3 is 1.28 bits per heavy atom. The predicted molar refractivity (Wildman–Crippen MR) is 72.6 cm³/mol. The lowest BCUT2D eigenvalue weighted by Crippen LogP contribution is -2.01. The van der Waals surface area contributed by atoms with Gasteiger partial charge in [0.2, 0.25) is 0 Å². The van der Waals surface area contributed by atoms with Crippen LogP contribution in [0.15, 0.2) is 0 Å². The number of ether oxygens (including phenoxy) is 4. The molecule has 4 nitrogen and oxygen atoms in total. The van der Waals surface area contributed by atoms with Crippen LogP contribution in [0.1, 0.15) is 52.4 Å². The minimum Gasteiger partial charge on any atom is -0.356 e. The van der Waals surface area contributed by atoms with E-state index in [1.165, 1.54) is 25.7 Å². The van der Waals surface area contributed by atoms with Crippen molar-refractivity contribution in [1.29, 1.82) is 0 Å². The van der Waals surface area contributed by atoms with Crippen molar-refractivity contribution in [3.8, 4) is 0 Å². The largest absolute Gasteiger partial charge is 0.356 e. The third-order valence-corrected chi connectivity index (χ3v) is 2.57. The smallest absolute Gasteiger partial charge is 0.146 e. The molecule has 0 unspecified atom stereocenters. The molecule has 0 fully saturated rings. The van der Waals surface area contributed by atoms with Crippen molar-refractivity contribution in [3.05, 3.63) is 0 Å². The van der Waals surface area contributed by atoms with Crippen molar-refractivity contribution in [2.75, 3.05) is 40.0 Å². The second kappa shape index (κ2) is 16.8. The molecular formula is C14H30O4. The highest BCUT2D eigenvalue weighted by molar-refractivity contribution is 4.44. The van der Waals surface area contributed by atoms with Gasteiger partial charge in [-0.2, -0.15) is 0 Å². The lowest BCUT2D eigenvalue weighted by Gasteiger charge is -2.05. The van der Waals surface area contributed by atoms with Gasteiger partial charge in [0, 0.05) is 26.4 Å². The number of hydrogen-bond acceptors (Lipinski definition) is 4. The molecular weight excluding hydrogens is 232 g/mol. The first-order valence-corrected chi connectivity index (χ1v) is 7.22. The summed E-state index contributed by atoms with van der Waals surface area (Å²) in [6.45, 7) is 7.91. The number of unbranched alkanes of at least 4 members (excludes halogenated alkanes) is 5. The summed E-state index contributed by atoms with van der Waals surface area (Å²) in [5, 5.41) is 0. The zero-order valence-electron chi connectivity index (χ0n) is 12.1. The Morgan fingerprint density at radius 2 is 0.889 bits per heavy atom. The third kappa shape index (κ3) is 15.8. The summed E-state index contributed by atoms with van der Waals surface area (Å²) in [6, 6.07) is 0. The van der Waals surface area contributed by atoms with Crippen LogP contribution in [0.4, 0.5) is 0 Å². The van der Waals surface area contributed by atoms with Crippen LogP contribution in [0.5, 0.6) is 0 Å². The summed E-state index contributed by atoms with van der Waals surface area (Å²) in [7, 11) is 0. The van der Waals surface area contributed by atoms with Crippen molar-refractivity contribution in [3.63, 3.8) is 0 Å². The Hall–Kier alpha value is -0.160. The Bertz CT molecular complexity index is 126. The van der Waals surface area contributed by atoms with E-state index in [0.717, 1.165) is 39.3 Å². The maximum Gasteiger partial charge on any atom is 0.146 e. The highest BCUT2D eigenvalue weighted by Crippen LogP contribution is 2.05. The molecule has 0 aliphatic carbocycles. The van der Waals surface area contributed by atoms with E-state index in [4.69, 9.17) is 18.9 Å².